The molecule has 1 aromatic heterocycles. The summed E-state index contributed by atoms with van der Waals surface area (Å²) in [5.74, 6) is 0.312. The van der Waals surface area contributed by atoms with E-state index in [-0.39, 0.29) is 0 Å². The van der Waals surface area contributed by atoms with Gasteiger partial charge in [0, 0.05) is 11.9 Å². The van der Waals surface area contributed by atoms with Crippen LogP contribution in [0.25, 0.3) is 0 Å². The van der Waals surface area contributed by atoms with Gasteiger partial charge in [0.05, 0.1) is 7.11 Å². The highest BCUT2D eigenvalue weighted by molar-refractivity contribution is 9.10. The molecule has 122 valence electrons. The van der Waals surface area contributed by atoms with Gasteiger partial charge in [-0.3, -0.25) is 4.79 Å². The summed E-state index contributed by atoms with van der Waals surface area (Å²) in [7, 11) is 1.61. The molecule has 23 heavy (non-hydrogen) atoms. The minimum Gasteiger partial charge on any atom is -0.497 e. The number of rotatable bonds is 6. The number of aryl methyl sites for hydroxylation is 1. The molecule has 0 fully saturated rings. The van der Waals surface area contributed by atoms with Crippen LogP contribution in [-0.2, 0) is 11.2 Å². The van der Waals surface area contributed by atoms with Crippen molar-refractivity contribution in [1.82, 2.24) is 4.98 Å². The summed E-state index contributed by atoms with van der Waals surface area (Å²) >= 11 is 3.24. The third kappa shape index (κ3) is 5.04. The first-order valence-electron chi connectivity index (χ1n) is 7.19. The standard InChI is InChI=1S/C17H19BrN2O3/c1-17(22,8-6-12-4-3-5-14(10-12)23-2)16(21)20-13-7-9-19-15(18)11-13/h3-5,7,9-11,22H,6,8H2,1-2H3,(H,19,20,21). The zero-order valence-electron chi connectivity index (χ0n) is 13.0. The highest BCUT2D eigenvalue weighted by Gasteiger charge is 2.30. The van der Waals surface area contributed by atoms with Gasteiger partial charge in [0.2, 0.25) is 0 Å². The predicted molar refractivity (Wildman–Crippen MR) is 92.5 cm³/mol. The number of nitrogens with zero attached hydrogens (tertiary/aromatic N) is 1. The zero-order chi connectivity index (χ0) is 16.9. The van der Waals surface area contributed by atoms with Crippen molar-refractivity contribution in [1.29, 1.82) is 0 Å². The zero-order valence-corrected chi connectivity index (χ0v) is 14.6. The molecule has 0 aliphatic carbocycles. The number of amides is 1. The minimum atomic E-state index is -1.47. The number of hydrogen-bond acceptors (Lipinski definition) is 4. The minimum absolute atomic E-state index is 0.304. The van der Waals surface area contributed by atoms with E-state index in [0.717, 1.165) is 11.3 Å². The summed E-state index contributed by atoms with van der Waals surface area (Å²) in [6.45, 7) is 1.51. The van der Waals surface area contributed by atoms with E-state index in [4.69, 9.17) is 4.74 Å². The van der Waals surface area contributed by atoms with Gasteiger partial charge >= 0.3 is 0 Å². The number of benzene rings is 1. The van der Waals surface area contributed by atoms with Gasteiger partial charge in [-0.1, -0.05) is 12.1 Å². The van der Waals surface area contributed by atoms with Gasteiger partial charge in [-0.2, -0.15) is 0 Å². The molecule has 0 saturated heterocycles. The molecule has 6 heteroatoms. The van der Waals surface area contributed by atoms with Crippen LogP contribution in [0.2, 0.25) is 0 Å². The third-order valence-corrected chi connectivity index (χ3v) is 3.94. The molecule has 1 unspecified atom stereocenters. The van der Waals surface area contributed by atoms with E-state index in [0.29, 0.717) is 23.1 Å². The maximum Gasteiger partial charge on any atom is 0.256 e. The number of aromatic nitrogens is 1. The smallest absolute Gasteiger partial charge is 0.256 e. The van der Waals surface area contributed by atoms with Gasteiger partial charge in [-0.15, -0.1) is 0 Å². The molecule has 1 heterocycles. The number of nitrogens with one attached hydrogen (secondary N) is 1. The van der Waals surface area contributed by atoms with E-state index in [1.165, 1.54) is 6.92 Å². The fraction of sp³-hybridized carbons (Fsp3) is 0.294. The highest BCUT2D eigenvalue weighted by Crippen LogP contribution is 2.20. The molecule has 0 radical (unpaired) electrons. The molecule has 0 aliphatic heterocycles. The fourth-order valence-electron chi connectivity index (χ4n) is 2.08. The van der Waals surface area contributed by atoms with Crippen LogP contribution >= 0.6 is 15.9 Å². The number of carbonyl (C=O) groups is 1. The number of aliphatic hydroxyl groups is 1. The molecule has 1 atom stereocenters. The lowest BCUT2D eigenvalue weighted by Gasteiger charge is -2.22. The van der Waals surface area contributed by atoms with Crippen molar-refractivity contribution in [2.75, 3.05) is 12.4 Å². The monoisotopic (exact) mass is 378 g/mol. The van der Waals surface area contributed by atoms with Crippen molar-refractivity contribution in [2.24, 2.45) is 0 Å². The number of carbonyl (C=O) groups excluding carboxylic acids is 1. The van der Waals surface area contributed by atoms with E-state index in [1.54, 1.807) is 25.4 Å². The Bertz CT molecular complexity index is 689. The molecule has 1 amide bonds. The van der Waals surface area contributed by atoms with Crippen LogP contribution in [0.1, 0.15) is 18.9 Å². The van der Waals surface area contributed by atoms with E-state index in [2.05, 4.69) is 26.2 Å². The summed E-state index contributed by atoms with van der Waals surface area (Å²) in [4.78, 5) is 16.3. The Hall–Kier alpha value is -1.92. The molecule has 5 nitrogen and oxygen atoms in total. The number of anilines is 1. The first-order chi connectivity index (χ1) is 10.9. The van der Waals surface area contributed by atoms with Crippen molar-refractivity contribution < 1.29 is 14.6 Å². The molecule has 2 rings (SSSR count). The maximum atomic E-state index is 12.3. The maximum absolute atomic E-state index is 12.3. The average Bonchev–Trinajstić information content (AvgIpc) is 2.53. The number of hydrogen-bond donors (Lipinski definition) is 2. The molecule has 0 bridgehead atoms. The van der Waals surface area contributed by atoms with Gasteiger partial charge in [-0.25, -0.2) is 4.98 Å². The van der Waals surface area contributed by atoms with Gasteiger partial charge < -0.3 is 15.2 Å². The highest BCUT2D eigenvalue weighted by atomic mass is 79.9. The van der Waals surface area contributed by atoms with Crippen LogP contribution in [0.5, 0.6) is 5.75 Å². The van der Waals surface area contributed by atoms with Crippen molar-refractivity contribution in [3.8, 4) is 5.75 Å². The van der Waals surface area contributed by atoms with Crippen molar-refractivity contribution in [2.45, 2.75) is 25.4 Å². The normalized spacial score (nSPS) is 13.2. The fourth-order valence-corrected chi connectivity index (χ4v) is 2.44. The number of pyridine rings is 1. The summed E-state index contributed by atoms with van der Waals surface area (Å²) in [5, 5.41) is 13.1. The van der Waals surface area contributed by atoms with E-state index >= 15 is 0 Å². The summed E-state index contributed by atoms with van der Waals surface area (Å²) < 4.78 is 5.79. The predicted octanol–water partition coefficient (Wildman–Crippen LogP) is 3.18. The Morgan fingerprint density at radius 3 is 2.87 bits per heavy atom. The molecule has 0 spiro atoms. The molecule has 2 aromatic rings. The number of methoxy groups -OCH3 is 1. The third-order valence-electron chi connectivity index (χ3n) is 3.51. The second-order valence-electron chi connectivity index (χ2n) is 5.45. The Kier molecular flexibility index (Phi) is 5.74. The Balaban J connectivity index is 1.98. The lowest BCUT2D eigenvalue weighted by Crippen LogP contribution is -2.40. The van der Waals surface area contributed by atoms with E-state index in [9.17, 15) is 9.90 Å². The average molecular weight is 379 g/mol. The number of ether oxygens (including phenoxy) is 1. The van der Waals surface area contributed by atoms with Crippen LogP contribution in [0, 0.1) is 0 Å². The van der Waals surface area contributed by atoms with E-state index < -0.39 is 11.5 Å². The summed E-state index contributed by atoms with van der Waals surface area (Å²) in [6.07, 6.45) is 2.45. The Morgan fingerprint density at radius 2 is 2.17 bits per heavy atom. The molecule has 0 aliphatic rings. The van der Waals surface area contributed by atoms with E-state index in [1.807, 2.05) is 24.3 Å². The van der Waals surface area contributed by atoms with Gasteiger partial charge in [0.25, 0.3) is 5.91 Å². The van der Waals surface area contributed by atoms with Gasteiger partial charge in [0.15, 0.2) is 0 Å². The van der Waals surface area contributed by atoms with Crippen LogP contribution < -0.4 is 10.1 Å². The summed E-state index contributed by atoms with van der Waals surface area (Å²) in [5.41, 5.74) is 0.112. The first kappa shape index (κ1) is 17.4. The largest absolute Gasteiger partial charge is 0.497 e. The van der Waals surface area contributed by atoms with Gasteiger partial charge in [0.1, 0.15) is 16.0 Å². The van der Waals surface area contributed by atoms with Crippen LogP contribution in [0.15, 0.2) is 47.2 Å². The molecular formula is C17H19BrN2O3. The lowest BCUT2D eigenvalue weighted by molar-refractivity contribution is -0.132. The second-order valence-corrected chi connectivity index (χ2v) is 6.26. The van der Waals surface area contributed by atoms with Crippen LogP contribution in [0.4, 0.5) is 5.69 Å². The topological polar surface area (TPSA) is 71.5 Å². The first-order valence-corrected chi connectivity index (χ1v) is 7.98. The Labute approximate surface area is 143 Å². The molecule has 1 aromatic carbocycles. The molecule has 0 saturated carbocycles. The quantitative estimate of drug-likeness (QED) is 0.757. The van der Waals surface area contributed by atoms with Crippen molar-refractivity contribution in [3.05, 3.63) is 52.8 Å². The van der Waals surface area contributed by atoms with Crippen LogP contribution in [-0.4, -0.2) is 28.7 Å². The SMILES string of the molecule is COc1cccc(CCC(C)(O)C(=O)Nc2ccnc(Br)c2)c1. The van der Waals surface area contributed by atoms with Crippen molar-refractivity contribution in [3.63, 3.8) is 0 Å². The lowest BCUT2D eigenvalue weighted by atomic mass is 9.95. The molecular weight excluding hydrogens is 360 g/mol. The number of halogens is 1. The van der Waals surface area contributed by atoms with Crippen molar-refractivity contribution >= 4 is 27.5 Å². The summed E-state index contributed by atoms with van der Waals surface area (Å²) in [6, 6.07) is 10.9. The van der Waals surface area contributed by atoms with Crippen LogP contribution in [0.3, 0.4) is 0 Å². The second kappa shape index (κ2) is 7.57. The Morgan fingerprint density at radius 1 is 1.39 bits per heavy atom. The molecule has 2 N–H and O–H groups in total. The van der Waals surface area contributed by atoms with Gasteiger partial charge in [-0.05, 0) is 65.5 Å².